The Bertz CT molecular complexity index is 408. The van der Waals surface area contributed by atoms with E-state index in [0.717, 1.165) is 30.6 Å². The zero-order chi connectivity index (χ0) is 11.5. The van der Waals surface area contributed by atoms with Crippen LogP contribution >= 0.6 is 11.6 Å². The molecule has 4 nitrogen and oxygen atoms in total. The summed E-state index contributed by atoms with van der Waals surface area (Å²) in [5.74, 6) is 0.209. The van der Waals surface area contributed by atoms with E-state index in [4.69, 9.17) is 11.6 Å². The zero-order valence-corrected chi connectivity index (χ0v) is 10.00. The van der Waals surface area contributed by atoms with Crippen molar-refractivity contribution in [2.24, 2.45) is 0 Å². The smallest absolute Gasteiger partial charge is 0.222 e. The number of halogens is 1. The largest absolute Gasteiger partial charge is 0.338 e. The molecule has 0 atom stereocenters. The maximum Gasteiger partial charge on any atom is 0.222 e. The molecule has 5 heteroatoms. The van der Waals surface area contributed by atoms with Crippen LogP contribution in [0.4, 0.5) is 0 Å². The van der Waals surface area contributed by atoms with Gasteiger partial charge in [0, 0.05) is 25.9 Å². The lowest BCUT2D eigenvalue weighted by molar-refractivity contribution is -0.132. The summed E-state index contributed by atoms with van der Waals surface area (Å²) in [4.78, 5) is 13.6. The van der Waals surface area contributed by atoms with Gasteiger partial charge in [-0.15, -0.1) is 5.10 Å². The van der Waals surface area contributed by atoms with Crippen LogP contribution in [0, 0.1) is 0 Å². The Kier molecular flexibility index (Phi) is 3.39. The first kappa shape index (κ1) is 11.3. The van der Waals surface area contributed by atoms with Crippen molar-refractivity contribution in [2.45, 2.75) is 32.7 Å². The summed E-state index contributed by atoms with van der Waals surface area (Å²) in [5.41, 5.74) is 1.99. The summed E-state index contributed by atoms with van der Waals surface area (Å²) >= 11 is 5.79. The molecule has 1 aromatic heterocycles. The molecule has 0 aromatic carbocycles. The standard InChI is InChI=1S/C11H14ClN3O/c1-2-3-11(16)15-5-4-9-8(7-15)6-10(12)14-13-9/h6H,2-5,7H2,1H3. The number of fused-ring (bicyclic) bond motifs is 1. The summed E-state index contributed by atoms with van der Waals surface area (Å²) in [7, 11) is 0. The van der Waals surface area contributed by atoms with Crippen LogP contribution in [-0.2, 0) is 17.8 Å². The van der Waals surface area contributed by atoms with Crippen LogP contribution < -0.4 is 0 Å². The van der Waals surface area contributed by atoms with Gasteiger partial charge in [0.05, 0.1) is 5.69 Å². The predicted octanol–water partition coefficient (Wildman–Crippen LogP) is 1.81. The molecule has 86 valence electrons. The highest BCUT2D eigenvalue weighted by atomic mass is 35.5. The molecule has 0 fully saturated rings. The molecule has 0 radical (unpaired) electrons. The highest BCUT2D eigenvalue weighted by Crippen LogP contribution is 2.19. The molecule has 16 heavy (non-hydrogen) atoms. The quantitative estimate of drug-likeness (QED) is 0.791. The SMILES string of the molecule is CCCC(=O)N1CCc2nnc(Cl)cc2C1. The Labute approximate surface area is 99.6 Å². The summed E-state index contributed by atoms with van der Waals surface area (Å²) in [6.45, 7) is 3.36. The lowest BCUT2D eigenvalue weighted by atomic mass is 10.1. The number of aromatic nitrogens is 2. The van der Waals surface area contributed by atoms with Gasteiger partial charge in [-0.05, 0) is 18.1 Å². The molecule has 0 saturated carbocycles. The minimum absolute atomic E-state index is 0.209. The van der Waals surface area contributed by atoms with Crippen molar-refractivity contribution in [3.63, 3.8) is 0 Å². The summed E-state index contributed by atoms with van der Waals surface area (Å²) in [6, 6.07) is 1.80. The third-order valence-corrected chi connectivity index (χ3v) is 2.91. The highest BCUT2D eigenvalue weighted by molar-refractivity contribution is 6.29. The summed E-state index contributed by atoms with van der Waals surface area (Å²) < 4.78 is 0. The van der Waals surface area contributed by atoms with E-state index in [0.29, 0.717) is 18.1 Å². The van der Waals surface area contributed by atoms with E-state index in [2.05, 4.69) is 10.2 Å². The van der Waals surface area contributed by atoms with E-state index in [1.807, 2.05) is 11.8 Å². The van der Waals surface area contributed by atoms with Crippen LogP contribution in [0.1, 0.15) is 31.0 Å². The monoisotopic (exact) mass is 239 g/mol. The van der Waals surface area contributed by atoms with E-state index < -0.39 is 0 Å². The minimum Gasteiger partial charge on any atom is -0.338 e. The van der Waals surface area contributed by atoms with Crippen molar-refractivity contribution in [2.75, 3.05) is 6.54 Å². The second-order valence-electron chi connectivity index (χ2n) is 3.95. The van der Waals surface area contributed by atoms with E-state index >= 15 is 0 Å². The number of nitrogens with zero attached hydrogens (tertiary/aromatic N) is 3. The highest BCUT2D eigenvalue weighted by Gasteiger charge is 2.21. The Morgan fingerprint density at radius 3 is 3.12 bits per heavy atom. The average Bonchev–Trinajstić information content (AvgIpc) is 2.28. The van der Waals surface area contributed by atoms with Gasteiger partial charge in [0.15, 0.2) is 5.15 Å². The summed E-state index contributed by atoms with van der Waals surface area (Å²) in [6.07, 6.45) is 2.27. The van der Waals surface area contributed by atoms with Crippen molar-refractivity contribution in [3.05, 3.63) is 22.5 Å². The van der Waals surface area contributed by atoms with E-state index in [9.17, 15) is 4.79 Å². The van der Waals surface area contributed by atoms with Crippen molar-refractivity contribution in [3.8, 4) is 0 Å². The number of hydrogen-bond donors (Lipinski definition) is 0. The average molecular weight is 240 g/mol. The molecule has 1 amide bonds. The molecule has 1 aliphatic heterocycles. The van der Waals surface area contributed by atoms with E-state index in [-0.39, 0.29) is 5.91 Å². The molecule has 0 unspecified atom stereocenters. The molecule has 2 heterocycles. The lowest BCUT2D eigenvalue weighted by Crippen LogP contribution is -2.36. The fourth-order valence-corrected chi connectivity index (χ4v) is 2.06. The number of carbonyl (C=O) groups excluding carboxylic acids is 1. The Balaban J connectivity index is 2.13. The van der Waals surface area contributed by atoms with E-state index in [1.165, 1.54) is 0 Å². The third-order valence-electron chi connectivity index (χ3n) is 2.73. The second kappa shape index (κ2) is 4.78. The molecule has 0 spiro atoms. The second-order valence-corrected chi connectivity index (χ2v) is 4.34. The van der Waals surface area contributed by atoms with Crippen LogP contribution in [-0.4, -0.2) is 27.5 Å². The van der Waals surface area contributed by atoms with Crippen LogP contribution in [0.15, 0.2) is 6.07 Å². The summed E-state index contributed by atoms with van der Waals surface area (Å²) in [5, 5.41) is 8.24. The van der Waals surface area contributed by atoms with Crippen molar-refractivity contribution in [1.29, 1.82) is 0 Å². The lowest BCUT2D eigenvalue weighted by Gasteiger charge is -2.27. The molecule has 1 aromatic rings. The maximum atomic E-state index is 11.7. The normalized spacial score (nSPS) is 14.8. The van der Waals surface area contributed by atoms with Gasteiger partial charge < -0.3 is 4.90 Å². The number of hydrogen-bond acceptors (Lipinski definition) is 3. The van der Waals surface area contributed by atoms with Crippen molar-refractivity contribution < 1.29 is 4.79 Å². The van der Waals surface area contributed by atoms with Gasteiger partial charge in [0.1, 0.15) is 0 Å². The number of carbonyl (C=O) groups is 1. The Morgan fingerprint density at radius 2 is 2.38 bits per heavy atom. The first-order chi connectivity index (χ1) is 7.70. The minimum atomic E-state index is 0.209. The molecule has 0 bridgehead atoms. The third kappa shape index (κ3) is 2.32. The Morgan fingerprint density at radius 1 is 1.56 bits per heavy atom. The first-order valence-electron chi connectivity index (χ1n) is 5.49. The van der Waals surface area contributed by atoms with Gasteiger partial charge in [0.2, 0.25) is 5.91 Å². The number of amides is 1. The molecule has 0 aliphatic carbocycles. The van der Waals surface area contributed by atoms with E-state index in [1.54, 1.807) is 6.07 Å². The van der Waals surface area contributed by atoms with Gasteiger partial charge >= 0.3 is 0 Å². The first-order valence-corrected chi connectivity index (χ1v) is 5.87. The number of rotatable bonds is 2. The van der Waals surface area contributed by atoms with Crippen molar-refractivity contribution in [1.82, 2.24) is 15.1 Å². The zero-order valence-electron chi connectivity index (χ0n) is 9.24. The van der Waals surface area contributed by atoms with Crippen molar-refractivity contribution >= 4 is 17.5 Å². The molecule has 0 saturated heterocycles. The van der Waals surface area contributed by atoms with Crippen LogP contribution in [0.3, 0.4) is 0 Å². The maximum absolute atomic E-state index is 11.7. The van der Waals surface area contributed by atoms with Gasteiger partial charge in [-0.3, -0.25) is 4.79 Å². The van der Waals surface area contributed by atoms with Gasteiger partial charge in [0.25, 0.3) is 0 Å². The molecular weight excluding hydrogens is 226 g/mol. The molecule has 0 N–H and O–H groups in total. The van der Waals surface area contributed by atoms with Crippen LogP contribution in [0.25, 0.3) is 0 Å². The fourth-order valence-electron chi connectivity index (χ4n) is 1.89. The van der Waals surface area contributed by atoms with Gasteiger partial charge in [-0.25, -0.2) is 0 Å². The predicted molar refractivity (Wildman–Crippen MR) is 61.1 cm³/mol. The topological polar surface area (TPSA) is 46.1 Å². The molecule has 1 aliphatic rings. The Hall–Kier alpha value is -1.16. The fraction of sp³-hybridized carbons (Fsp3) is 0.545. The molecular formula is C11H14ClN3O. The molecule has 2 rings (SSSR count). The van der Waals surface area contributed by atoms with Gasteiger partial charge in [-0.2, -0.15) is 5.10 Å². The van der Waals surface area contributed by atoms with Crippen LogP contribution in [0.2, 0.25) is 5.15 Å². The van der Waals surface area contributed by atoms with Crippen LogP contribution in [0.5, 0.6) is 0 Å². The van der Waals surface area contributed by atoms with Gasteiger partial charge in [-0.1, -0.05) is 18.5 Å².